The van der Waals surface area contributed by atoms with Crippen LogP contribution in [0.5, 0.6) is 0 Å². The van der Waals surface area contributed by atoms with E-state index in [1.807, 2.05) is 6.07 Å². The lowest BCUT2D eigenvalue weighted by molar-refractivity contribution is -0.146. The fourth-order valence-electron chi connectivity index (χ4n) is 1.99. The van der Waals surface area contributed by atoms with Crippen LogP contribution in [0.4, 0.5) is 0 Å². The molecule has 6 heteroatoms. The van der Waals surface area contributed by atoms with Gasteiger partial charge in [-0.2, -0.15) is 0 Å². The summed E-state index contributed by atoms with van der Waals surface area (Å²) < 4.78 is 5.90. The first-order chi connectivity index (χ1) is 9.22. The van der Waals surface area contributed by atoms with Crippen LogP contribution in [0.1, 0.15) is 25.6 Å². The number of carbonyl (C=O) groups is 2. The molecule has 0 aliphatic carbocycles. The highest BCUT2D eigenvalue weighted by Gasteiger charge is 2.41. The molecule has 1 aliphatic heterocycles. The molecule has 0 N–H and O–H groups in total. The summed E-state index contributed by atoms with van der Waals surface area (Å²) in [5.74, 6) is -0.865. The van der Waals surface area contributed by atoms with Crippen LogP contribution in [0.15, 0.2) is 23.3 Å². The number of hydrogen-bond donors (Lipinski definition) is 0. The van der Waals surface area contributed by atoms with Crippen molar-refractivity contribution in [2.24, 2.45) is 0 Å². The second kappa shape index (κ2) is 5.22. The van der Waals surface area contributed by atoms with E-state index in [1.165, 1.54) is 16.2 Å². The van der Waals surface area contributed by atoms with E-state index in [9.17, 15) is 9.59 Å². The Hall–Kier alpha value is -1.33. The SMILES string of the molecule is CC1=C(C(=O)N(C)Cc2ccc(Cl)s2)C(=O)OC1(C)C. The number of thiophene rings is 1. The predicted octanol–water partition coefficient (Wildman–Crippen LogP) is 3.01. The van der Waals surface area contributed by atoms with E-state index in [-0.39, 0.29) is 11.5 Å². The number of rotatable bonds is 3. The van der Waals surface area contributed by atoms with Crippen molar-refractivity contribution in [1.29, 1.82) is 0 Å². The highest BCUT2D eigenvalue weighted by Crippen LogP contribution is 2.33. The molecule has 0 saturated carbocycles. The third-order valence-corrected chi connectivity index (χ3v) is 4.63. The fourth-order valence-corrected chi connectivity index (χ4v) is 3.14. The van der Waals surface area contributed by atoms with Crippen LogP contribution in [0, 0.1) is 0 Å². The Morgan fingerprint density at radius 1 is 1.45 bits per heavy atom. The molecule has 20 heavy (non-hydrogen) atoms. The van der Waals surface area contributed by atoms with Crippen LogP contribution in [0.25, 0.3) is 0 Å². The third-order valence-electron chi connectivity index (χ3n) is 3.41. The Morgan fingerprint density at radius 3 is 2.55 bits per heavy atom. The summed E-state index contributed by atoms with van der Waals surface area (Å²) in [6.07, 6.45) is 0. The van der Waals surface area contributed by atoms with Crippen LogP contribution < -0.4 is 0 Å². The van der Waals surface area contributed by atoms with Gasteiger partial charge in [0.1, 0.15) is 11.2 Å². The van der Waals surface area contributed by atoms with E-state index in [0.29, 0.717) is 16.5 Å². The number of halogens is 1. The molecule has 1 amide bonds. The van der Waals surface area contributed by atoms with Gasteiger partial charge in [-0.25, -0.2) is 4.79 Å². The van der Waals surface area contributed by atoms with Crippen LogP contribution in [0.2, 0.25) is 4.34 Å². The average Bonchev–Trinajstić information content (AvgIpc) is 2.81. The third kappa shape index (κ3) is 2.74. The van der Waals surface area contributed by atoms with Crippen molar-refractivity contribution < 1.29 is 14.3 Å². The smallest absolute Gasteiger partial charge is 0.344 e. The van der Waals surface area contributed by atoms with Gasteiger partial charge in [-0.15, -0.1) is 11.3 Å². The Labute approximate surface area is 127 Å². The number of esters is 1. The van der Waals surface area contributed by atoms with Crippen molar-refractivity contribution in [3.05, 3.63) is 32.5 Å². The zero-order valence-corrected chi connectivity index (χ0v) is 13.4. The Morgan fingerprint density at radius 2 is 2.10 bits per heavy atom. The minimum Gasteiger partial charge on any atom is -0.451 e. The normalized spacial score (nSPS) is 17.4. The minimum atomic E-state index is -0.713. The average molecular weight is 314 g/mol. The molecule has 4 nitrogen and oxygen atoms in total. The monoisotopic (exact) mass is 313 g/mol. The highest BCUT2D eigenvalue weighted by atomic mass is 35.5. The van der Waals surface area contributed by atoms with Gasteiger partial charge < -0.3 is 9.64 Å². The van der Waals surface area contributed by atoms with Gasteiger partial charge in [0, 0.05) is 11.9 Å². The maximum Gasteiger partial charge on any atom is 0.344 e. The van der Waals surface area contributed by atoms with Gasteiger partial charge in [0.15, 0.2) is 0 Å². The molecule has 108 valence electrons. The second-order valence-electron chi connectivity index (χ2n) is 5.27. The summed E-state index contributed by atoms with van der Waals surface area (Å²) in [5.41, 5.74) is 0.0959. The second-order valence-corrected chi connectivity index (χ2v) is 7.07. The maximum absolute atomic E-state index is 12.4. The largest absolute Gasteiger partial charge is 0.451 e. The number of cyclic esters (lactones) is 1. The van der Waals surface area contributed by atoms with E-state index in [1.54, 1.807) is 33.9 Å². The number of carbonyl (C=O) groups excluding carboxylic acids is 2. The molecule has 0 radical (unpaired) electrons. The van der Waals surface area contributed by atoms with Crippen molar-refractivity contribution in [1.82, 2.24) is 4.90 Å². The van der Waals surface area contributed by atoms with Gasteiger partial charge in [-0.3, -0.25) is 4.79 Å². The summed E-state index contributed by atoms with van der Waals surface area (Å²) in [6.45, 7) is 5.73. The van der Waals surface area contributed by atoms with E-state index in [0.717, 1.165) is 4.88 Å². The van der Waals surface area contributed by atoms with Crippen LogP contribution >= 0.6 is 22.9 Å². The van der Waals surface area contributed by atoms with E-state index >= 15 is 0 Å². The van der Waals surface area contributed by atoms with E-state index in [4.69, 9.17) is 16.3 Å². The molecule has 2 rings (SSSR count). The van der Waals surface area contributed by atoms with Gasteiger partial charge >= 0.3 is 5.97 Å². The van der Waals surface area contributed by atoms with Crippen LogP contribution in [-0.4, -0.2) is 29.4 Å². The van der Waals surface area contributed by atoms with E-state index < -0.39 is 11.6 Å². The van der Waals surface area contributed by atoms with E-state index in [2.05, 4.69) is 0 Å². The lowest BCUT2D eigenvalue weighted by Gasteiger charge is -2.18. The molecule has 0 aromatic carbocycles. The zero-order chi connectivity index (χ0) is 15.1. The zero-order valence-electron chi connectivity index (χ0n) is 11.8. The molecule has 0 spiro atoms. The number of hydrogen-bond acceptors (Lipinski definition) is 4. The molecule has 0 fully saturated rings. The molecular weight excluding hydrogens is 298 g/mol. The summed E-state index contributed by atoms with van der Waals surface area (Å²) in [7, 11) is 1.66. The Balaban J connectivity index is 2.19. The fraction of sp³-hybridized carbons (Fsp3) is 0.429. The number of amides is 1. The minimum absolute atomic E-state index is 0.139. The molecular formula is C14H16ClNO3S. The van der Waals surface area contributed by atoms with Gasteiger partial charge in [0.2, 0.25) is 0 Å². The summed E-state index contributed by atoms with van der Waals surface area (Å²) in [6, 6.07) is 3.66. The first kappa shape index (κ1) is 15.1. The van der Waals surface area contributed by atoms with Crippen molar-refractivity contribution in [2.75, 3.05) is 7.05 Å². The highest BCUT2D eigenvalue weighted by molar-refractivity contribution is 7.16. The van der Waals surface area contributed by atoms with Crippen LogP contribution in [0.3, 0.4) is 0 Å². The molecule has 0 saturated heterocycles. The van der Waals surface area contributed by atoms with Gasteiger partial charge in [0.05, 0.1) is 10.9 Å². The van der Waals surface area contributed by atoms with Gasteiger partial charge in [-0.1, -0.05) is 11.6 Å². The molecule has 1 aromatic heterocycles. The molecule has 2 heterocycles. The molecule has 0 bridgehead atoms. The van der Waals surface area contributed by atoms with Crippen molar-refractivity contribution >= 4 is 34.8 Å². The Bertz CT molecular complexity index is 603. The number of ether oxygens (including phenoxy) is 1. The van der Waals surface area contributed by atoms with Crippen LogP contribution in [-0.2, 0) is 20.9 Å². The molecule has 1 aromatic rings. The summed E-state index contributed by atoms with van der Waals surface area (Å²) in [5, 5.41) is 0. The van der Waals surface area contributed by atoms with Crippen molar-refractivity contribution in [2.45, 2.75) is 32.9 Å². The quantitative estimate of drug-likeness (QED) is 0.636. The first-order valence-electron chi connectivity index (χ1n) is 6.17. The maximum atomic E-state index is 12.4. The standard InChI is InChI=1S/C14H16ClNO3S/c1-8-11(13(18)19-14(8,2)3)12(17)16(4)7-9-5-6-10(15)20-9/h5-6H,7H2,1-4H3. The van der Waals surface area contributed by atoms with Gasteiger partial charge in [0.25, 0.3) is 5.91 Å². The van der Waals surface area contributed by atoms with Crippen molar-refractivity contribution in [3.63, 3.8) is 0 Å². The molecule has 1 aliphatic rings. The topological polar surface area (TPSA) is 46.6 Å². The van der Waals surface area contributed by atoms with Crippen molar-refractivity contribution in [3.8, 4) is 0 Å². The number of likely N-dealkylation sites (N-methyl/N-ethyl adjacent to an activating group) is 1. The van der Waals surface area contributed by atoms with Gasteiger partial charge in [-0.05, 0) is 38.5 Å². The number of nitrogens with zero attached hydrogens (tertiary/aromatic N) is 1. The Kier molecular flexibility index (Phi) is 3.93. The lowest BCUT2D eigenvalue weighted by atomic mass is 9.97. The first-order valence-corrected chi connectivity index (χ1v) is 7.36. The summed E-state index contributed by atoms with van der Waals surface area (Å²) in [4.78, 5) is 26.7. The predicted molar refractivity (Wildman–Crippen MR) is 78.7 cm³/mol. The lowest BCUT2D eigenvalue weighted by Crippen LogP contribution is -2.29. The summed E-state index contributed by atoms with van der Waals surface area (Å²) >= 11 is 7.28. The molecule has 0 unspecified atom stereocenters. The molecule has 0 atom stereocenters.